The molecule has 0 aliphatic carbocycles. The van der Waals surface area contributed by atoms with Crippen molar-refractivity contribution in [2.45, 2.75) is 43.6 Å². The molecular formula is C39H43ClN2O6. The van der Waals surface area contributed by atoms with E-state index in [-0.39, 0.29) is 18.0 Å². The Morgan fingerprint density at radius 2 is 1.38 bits per heavy atom. The van der Waals surface area contributed by atoms with Crippen molar-refractivity contribution in [2.24, 2.45) is 0 Å². The molecule has 0 saturated heterocycles. The molecule has 0 aromatic heterocycles. The first-order chi connectivity index (χ1) is 23.4. The van der Waals surface area contributed by atoms with Gasteiger partial charge in [0.05, 0.1) is 34.3 Å². The standard InChI is InChI=1S/C39H43ClN2O6/c1-41-15-13-25-20-33(44-4)35-21-28(25)30(41)17-23-7-10-26(11-8-23)47-34-19-24(9-12-32(34)43-3)18-31-36-27(14-16-42(31)2)29(22-40)37(45-5)39(46-6)38(36)48-35/h7-12,19-21,30-31H,13-18,22H2,1-6H3/t30-,31-/m0/s1. The van der Waals surface area contributed by atoms with Gasteiger partial charge in [-0.25, -0.2) is 0 Å². The maximum atomic E-state index is 7.09. The van der Waals surface area contributed by atoms with Crippen molar-refractivity contribution < 1.29 is 28.4 Å². The van der Waals surface area contributed by atoms with Crippen molar-refractivity contribution >= 4 is 11.6 Å². The van der Waals surface area contributed by atoms with E-state index in [1.807, 2.05) is 18.2 Å². The number of benzene rings is 4. The molecule has 8 rings (SSSR count). The van der Waals surface area contributed by atoms with Gasteiger partial charge >= 0.3 is 0 Å². The van der Waals surface area contributed by atoms with E-state index in [0.29, 0.717) is 46.7 Å². The maximum absolute atomic E-state index is 7.09. The van der Waals surface area contributed by atoms with Crippen LogP contribution in [0.3, 0.4) is 0 Å². The van der Waals surface area contributed by atoms with Gasteiger partial charge in [-0.3, -0.25) is 9.80 Å². The van der Waals surface area contributed by atoms with Gasteiger partial charge in [-0.05, 0) is 104 Å². The van der Waals surface area contributed by atoms with Crippen molar-refractivity contribution in [3.05, 3.63) is 93.5 Å². The molecular weight excluding hydrogens is 628 g/mol. The number of hydrogen-bond donors (Lipinski definition) is 0. The summed E-state index contributed by atoms with van der Waals surface area (Å²) >= 11 is 6.69. The number of methoxy groups -OCH3 is 4. The highest BCUT2D eigenvalue weighted by Gasteiger charge is 2.37. The minimum absolute atomic E-state index is 0.0626. The van der Waals surface area contributed by atoms with Crippen LogP contribution in [-0.4, -0.2) is 65.4 Å². The van der Waals surface area contributed by atoms with Crippen LogP contribution in [0.5, 0.6) is 46.0 Å². The van der Waals surface area contributed by atoms with E-state index in [1.54, 1.807) is 28.4 Å². The number of fused-ring (bicyclic) bond motifs is 2. The van der Waals surface area contributed by atoms with Crippen LogP contribution in [0, 0.1) is 0 Å². The minimum atomic E-state index is -0.0626. The van der Waals surface area contributed by atoms with Gasteiger partial charge in [-0.2, -0.15) is 0 Å². The van der Waals surface area contributed by atoms with E-state index >= 15 is 0 Å². The molecule has 4 aromatic carbocycles. The Labute approximate surface area is 288 Å². The molecule has 2 atom stereocenters. The van der Waals surface area contributed by atoms with Gasteiger partial charge in [0.15, 0.2) is 34.5 Å². The lowest BCUT2D eigenvalue weighted by molar-refractivity contribution is 0.219. The SMILES string of the molecule is COc1ccc2cc1Oc1ccc(cc1)C[C@H]1c3cc(c(OC)cc3CCN1C)Oc1c(OC)c(OC)c(CCl)c3c1[C@H](C2)N(C)CC3. The quantitative estimate of drug-likeness (QED) is 0.199. The van der Waals surface area contributed by atoms with E-state index in [0.717, 1.165) is 60.4 Å². The van der Waals surface area contributed by atoms with Crippen LogP contribution < -0.4 is 28.4 Å². The lowest BCUT2D eigenvalue weighted by atomic mass is 9.84. The molecule has 252 valence electrons. The zero-order chi connectivity index (χ0) is 33.5. The molecule has 4 heterocycles. The lowest BCUT2D eigenvalue weighted by Crippen LogP contribution is -2.34. The van der Waals surface area contributed by atoms with Gasteiger partial charge in [-0.1, -0.05) is 18.2 Å². The van der Waals surface area contributed by atoms with Crippen LogP contribution in [-0.2, 0) is 31.6 Å². The van der Waals surface area contributed by atoms with Crippen LogP contribution >= 0.6 is 11.6 Å². The van der Waals surface area contributed by atoms with Crippen LogP contribution in [0.2, 0.25) is 0 Å². The van der Waals surface area contributed by atoms with Gasteiger partial charge in [0.25, 0.3) is 0 Å². The van der Waals surface area contributed by atoms with E-state index in [2.05, 4.69) is 60.3 Å². The second kappa shape index (κ2) is 13.4. The molecule has 9 heteroatoms. The summed E-state index contributed by atoms with van der Waals surface area (Å²) in [6, 6.07) is 18.9. The minimum Gasteiger partial charge on any atom is -0.493 e. The summed E-state index contributed by atoms with van der Waals surface area (Å²) in [7, 11) is 11.0. The number of ether oxygens (including phenoxy) is 6. The summed E-state index contributed by atoms with van der Waals surface area (Å²) in [6.07, 6.45) is 3.24. The monoisotopic (exact) mass is 670 g/mol. The lowest BCUT2D eigenvalue weighted by Gasteiger charge is -2.38. The Kier molecular flexibility index (Phi) is 9.07. The highest BCUT2D eigenvalue weighted by molar-refractivity contribution is 6.17. The van der Waals surface area contributed by atoms with Gasteiger partial charge in [-0.15, -0.1) is 11.6 Å². The average Bonchev–Trinajstić information content (AvgIpc) is 3.10. The first-order valence-electron chi connectivity index (χ1n) is 16.5. The summed E-state index contributed by atoms with van der Waals surface area (Å²) in [5.41, 5.74) is 7.91. The van der Waals surface area contributed by atoms with Crippen molar-refractivity contribution in [3.8, 4) is 46.0 Å². The summed E-state index contributed by atoms with van der Waals surface area (Å²) < 4.78 is 37.4. The largest absolute Gasteiger partial charge is 0.493 e. The second-order valence-corrected chi connectivity index (χ2v) is 13.1. The number of halogens is 1. The number of nitrogens with zero attached hydrogens (tertiary/aromatic N) is 2. The van der Waals surface area contributed by atoms with Crippen molar-refractivity contribution in [3.63, 3.8) is 0 Å². The summed E-state index contributed by atoms with van der Waals surface area (Å²) in [5, 5.41) is 0. The number of rotatable bonds is 5. The Balaban J connectivity index is 1.50. The number of alkyl halides is 1. The van der Waals surface area contributed by atoms with Crippen LogP contribution in [0.4, 0.5) is 0 Å². The van der Waals surface area contributed by atoms with E-state index in [9.17, 15) is 0 Å². The fraction of sp³-hybridized carbons (Fsp3) is 0.385. The molecule has 4 aromatic rings. The number of likely N-dealkylation sites (N-methyl/N-ethyl adjacent to an activating group) is 2. The Morgan fingerprint density at radius 3 is 2.08 bits per heavy atom. The zero-order valence-electron chi connectivity index (χ0n) is 28.5. The molecule has 0 unspecified atom stereocenters. The second-order valence-electron chi connectivity index (χ2n) is 12.8. The molecule has 0 spiro atoms. The first kappa shape index (κ1) is 32.4. The fourth-order valence-corrected chi connectivity index (χ4v) is 7.93. The molecule has 6 bridgehead atoms. The maximum Gasteiger partial charge on any atom is 0.204 e. The van der Waals surface area contributed by atoms with Crippen molar-refractivity contribution in [1.29, 1.82) is 0 Å². The molecule has 0 saturated carbocycles. The van der Waals surface area contributed by atoms with Gasteiger partial charge in [0.1, 0.15) is 5.75 Å². The number of hydrogen-bond acceptors (Lipinski definition) is 8. The van der Waals surface area contributed by atoms with Gasteiger partial charge in [0.2, 0.25) is 5.75 Å². The zero-order valence-corrected chi connectivity index (χ0v) is 29.3. The molecule has 48 heavy (non-hydrogen) atoms. The molecule has 0 N–H and O–H groups in total. The Morgan fingerprint density at radius 1 is 0.708 bits per heavy atom. The third-order valence-corrected chi connectivity index (χ3v) is 10.5. The van der Waals surface area contributed by atoms with Crippen LogP contribution in [0.1, 0.15) is 51.0 Å². The fourth-order valence-electron chi connectivity index (χ4n) is 7.65. The van der Waals surface area contributed by atoms with Crippen LogP contribution in [0.25, 0.3) is 0 Å². The highest BCUT2D eigenvalue weighted by Crippen LogP contribution is 2.54. The molecule has 4 aliphatic rings. The topological polar surface area (TPSA) is 61.9 Å². The molecule has 4 aliphatic heterocycles. The van der Waals surface area contributed by atoms with E-state index in [4.69, 9.17) is 40.0 Å². The van der Waals surface area contributed by atoms with E-state index in [1.165, 1.54) is 16.7 Å². The highest BCUT2D eigenvalue weighted by atomic mass is 35.5. The summed E-state index contributed by atoms with van der Waals surface area (Å²) in [6.45, 7) is 1.79. The third-order valence-electron chi connectivity index (χ3n) is 10.2. The van der Waals surface area contributed by atoms with Crippen molar-refractivity contribution in [1.82, 2.24) is 9.80 Å². The van der Waals surface area contributed by atoms with E-state index < -0.39 is 0 Å². The molecule has 0 amide bonds. The predicted molar refractivity (Wildman–Crippen MR) is 187 cm³/mol. The normalized spacial score (nSPS) is 18.9. The van der Waals surface area contributed by atoms with Gasteiger partial charge < -0.3 is 28.4 Å². The Bertz CT molecular complexity index is 1830. The van der Waals surface area contributed by atoms with Crippen LogP contribution in [0.15, 0.2) is 54.6 Å². The molecule has 0 fully saturated rings. The Hall–Kier alpha value is -4.11. The van der Waals surface area contributed by atoms with Crippen molar-refractivity contribution in [2.75, 3.05) is 55.6 Å². The smallest absolute Gasteiger partial charge is 0.204 e. The third kappa shape index (κ3) is 5.70. The summed E-state index contributed by atoms with van der Waals surface area (Å²) in [5.74, 6) is 5.46. The predicted octanol–water partition coefficient (Wildman–Crippen LogP) is 7.90. The summed E-state index contributed by atoms with van der Waals surface area (Å²) in [4.78, 5) is 4.79. The molecule has 8 nitrogen and oxygen atoms in total. The van der Waals surface area contributed by atoms with Gasteiger partial charge in [0, 0.05) is 36.3 Å². The average molecular weight is 671 g/mol. The first-order valence-corrected chi connectivity index (χ1v) is 17.0. The molecule has 0 radical (unpaired) electrons.